The second-order valence-electron chi connectivity index (χ2n) is 7.52. The Kier molecular flexibility index (Phi) is 6.60. The summed E-state index contributed by atoms with van der Waals surface area (Å²) >= 11 is 0. The Labute approximate surface area is 167 Å². The van der Waals surface area contributed by atoms with Gasteiger partial charge in [0.25, 0.3) is 0 Å². The van der Waals surface area contributed by atoms with E-state index in [1.807, 2.05) is 19.9 Å². The van der Waals surface area contributed by atoms with Gasteiger partial charge in [-0.3, -0.25) is 0 Å². The lowest BCUT2D eigenvalue weighted by Crippen LogP contribution is -2.44. The highest BCUT2D eigenvalue weighted by Crippen LogP contribution is 2.41. The molecule has 6 heteroatoms. The maximum absolute atomic E-state index is 5.65. The van der Waals surface area contributed by atoms with Gasteiger partial charge in [-0.1, -0.05) is 25.0 Å². The lowest BCUT2D eigenvalue weighted by Gasteiger charge is -2.31. The molecule has 0 spiro atoms. The molecule has 1 aliphatic carbocycles. The number of nitrogens with one attached hydrogen (secondary N) is 2. The predicted octanol–water partition coefficient (Wildman–Crippen LogP) is 3.87. The second-order valence-corrected chi connectivity index (χ2v) is 7.52. The number of hydrogen-bond donors (Lipinski definition) is 2. The van der Waals surface area contributed by atoms with Crippen molar-refractivity contribution in [1.82, 2.24) is 15.6 Å². The highest BCUT2D eigenvalue weighted by Gasteiger charge is 2.36. The van der Waals surface area contributed by atoms with E-state index in [2.05, 4.69) is 45.7 Å². The molecule has 2 aromatic rings. The summed E-state index contributed by atoms with van der Waals surface area (Å²) < 4.78 is 11.1. The highest BCUT2D eigenvalue weighted by atomic mass is 16.5. The number of methoxy groups -OCH3 is 1. The van der Waals surface area contributed by atoms with Crippen LogP contribution < -0.4 is 15.4 Å². The lowest BCUT2D eigenvalue weighted by atomic mass is 9.78. The quantitative estimate of drug-likeness (QED) is 0.560. The molecule has 0 bridgehead atoms. The van der Waals surface area contributed by atoms with Crippen LogP contribution in [-0.2, 0) is 12.0 Å². The molecule has 1 aromatic heterocycles. The molecule has 6 nitrogen and oxygen atoms in total. The first kappa shape index (κ1) is 20.2. The molecule has 0 atom stereocenters. The monoisotopic (exact) mass is 384 g/mol. The summed E-state index contributed by atoms with van der Waals surface area (Å²) in [6.07, 6.45) is 4.85. The Morgan fingerprint density at radius 1 is 1.25 bits per heavy atom. The van der Waals surface area contributed by atoms with E-state index >= 15 is 0 Å². The van der Waals surface area contributed by atoms with E-state index in [0.29, 0.717) is 12.4 Å². The predicted molar refractivity (Wildman–Crippen MR) is 112 cm³/mol. The fourth-order valence-corrected chi connectivity index (χ4v) is 3.92. The Bertz CT molecular complexity index is 787. The van der Waals surface area contributed by atoms with Crippen molar-refractivity contribution >= 4 is 5.96 Å². The fourth-order valence-electron chi connectivity index (χ4n) is 3.92. The van der Waals surface area contributed by atoms with Gasteiger partial charge in [0.2, 0.25) is 5.89 Å². The minimum absolute atomic E-state index is 0.112. The minimum Gasteiger partial charge on any atom is -0.497 e. The molecule has 0 aliphatic heterocycles. The van der Waals surface area contributed by atoms with Gasteiger partial charge in [0.05, 0.1) is 12.8 Å². The molecule has 1 fully saturated rings. The maximum atomic E-state index is 5.65. The molecule has 28 heavy (non-hydrogen) atoms. The number of guanidine groups is 1. The molecule has 0 saturated heterocycles. The third-order valence-electron chi connectivity index (χ3n) is 5.63. The van der Waals surface area contributed by atoms with Crippen LogP contribution in [0.3, 0.4) is 0 Å². The molecule has 152 valence electrons. The second kappa shape index (κ2) is 9.13. The van der Waals surface area contributed by atoms with Gasteiger partial charge in [0.15, 0.2) is 5.96 Å². The van der Waals surface area contributed by atoms with Crippen LogP contribution in [0.2, 0.25) is 0 Å². The van der Waals surface area contributed by atoms with Gasteiger partial charge in [0, 0.05) is 18.5 Å². The van der Waals surface area contributed by atoms with E-state index in [9.17, 15) is 0 Å². The summed E-state index contributed by atoms with van der Waals surface area (Å²) in [7, 11) is 1.72. The maximum Gasteiger partial charge on any atom is 0.216 e. The third-order valence-corrected chi connectivity index (χ3v) is 5.63. The normalized spacial score (nSPS) is 16.2. The average molecular weight is 385 g/mol. The van der Waals surface area contributed by atoms with E-state index in [-0.39, 0.29) is 5.41 Å². The van der Waals surface area contributed by atoms with Crippen LogP contribution in [-0.4, -0.2) is 31.1 Å². The standard InChI is InChI=1S/C22H32N4O2/c1-5-23-21(24-14-20-26-16(2)17(3)28-20)25-15-22(11-6-7-12-22)18-9-8-10-19(13-18)27-4/h8-10,13H,5-7,11-12,14-15H2,1-4H3,(H2,23,24,25). The average Bonchev–Trinajstić information content (AvgIpc) is 3.31. The molecule has 3 rings (SSSR count). The van der Waals surface area contributed by atoms with Crippen molar-refractivity contribution in [2.75, 3.05) is 20.2 Å². The highest BCUT2D eigenvalue weighted by molar-refractivity contribution is 5.79. The SMILES string of the molecule is CCNC(=NCc1nc(C)c(C)o1)NCC1(c2cccc(OC)c2)CCCC1. The number of benzene rings is 1. The van der Waals surface area contributed by atoms with Crippen LogP contribution in [0, 0.1) is 13.8 Å². The van der Waals surface area contributed by atoms with E-state index in [1.54, 1.807) is 7.11 Å². The number of ether oxygens (including phenoxy) is 1. The zero-order valence-electron chi connectivity index (χ0n) is 17.5. The smallest absolute Gasteiger partial charge is 0.216 e. The van der Waals surface area contributed by atoms with Crippen LogP contribution in [0.4, 0.5) is 0 Å². The zero-order valence-corrected chi connectivity index (χ0v) is 17.5. The number of aryl methyl sites for hydroxylation is 2. The summed E-state index contributed by atoms with van der Waals surface area (Å²) in [4.78, 5) is 9.09. The summed E-state index contributed by atoms with van der Waals surface area (Å²) in [6.45, 7) is 8.03. The van der Waals surface area contributed by atoms with Gasteiger partial charge in [-0.2, -0.15) is 0 Å². The Balaban J connectivity index is 1.73. The number of nitrogens with zero attached hydrogens (tertiary/aromatic N) is 2. The van der Waals surface area contributed by atoms with E-state index in [4.69, 9.17) is 9.15 Å². The van der Waals surface area contributed by atoms with Crippen LogP contribution in [0.1, 0.15) is 55.5 Å². The van der Waals surface area contributed by atoms with Crippen molar-refractivity contribution in [3.8, 4) is 5.75 Å². The Morgan fingerprint density at radius 3 is 2.68 bits per heavy atom. The Hall–Kier alpha value is -2.50. The lowest BCUT2D eigenvalue weighted by molar-refractivity contribution is 0.404. The number of rotatable bonds is 7. The molecule has 2 N–H and O–H groups in total. The first-order chi connectivity index (χ1) is 13.6. The Morgan fingerprint density at radius 2 is 2.04 bits per heavy atom. The van der Waals surface area contributed by atoms with Crippen LogP contribution in [0.25, 0.3) is 0 Å². The molecular formula is C22H32N4O2. The van der Waals surface area contributed by atoms with Gasteiger partial charge in [0.1, 0.15) is 18.1 Å². The molecular weight excluding hydrogens is 352 g/mol. The van der Waals surface area contributed by atoms with Crippen molar-refractivity contribution in [3.63, 3.8) is 0 Å². The molecule has 0 unspecified atom stereocenters. The first-order valence-corrected chi connectivity index (χ1v) is 10.2. The zero-order chi connectivity index (χ0) is 20.0. The van der Waals surface area contributed by atoms with Crippen LogP contribution in [0.15, 0.2) is 33.7 Å². The van der Waals surface area contributed by atoms with Crippen LogP contribution >= 0.6 is 0 Å². The van der Waals surface area contributed by atoms with E-state index in [0.717, 1.165) is 36.3 Å². The topological polar surface area (TPSA) is 71.7 Å². The summed E-state index contributed by atoms with van der Waals surface area (Å²) in [5.74, 6) is 3.21. The number of oxazole rings is 1. The summed E-state index contributed by atoms with van der Waals surface area (Å²) in [5.41, 5.74) is 2.37. The summed E-state index contributed by atoms with van der Waals surface area (Å²) in [6, 6.07) is 8.49. The van der Waals surface area contributed by atoms with Gasteiger partial charge >= 0.3 is 0 Å². The number of aromatic nitrogens is 1. The van der Waals surface area contributed by atoms with Crippen molar-refractivity contribution in [1.29, 1.82) is 0 Å². The van der Waals surface area contributed by atoms with Gasteiger partial charge in [-0.25, -0.2) is 9.98 Å². The number of aliphatic imine (C=N–C) groups is 1. The molecule has 1 saturated carbocycles. The molecule has 0 radical (unpaired) electrons. The fraction of sp³-hybridized carbons (Fsp3) is 0.545. The number of hydrogen-bond acceptors (Lipinski definition) is 4. The largest absolute Gasteiger partial charge is 0.497 e. The molecule has 0 amide bonds. The van der Waals surface area contributed by atoms with Gasteiger partial charge in [-0.05, 0) is 51.3 Å². The van der Waals surface area contributed by atoms with Gasteiger partial charge < -0.3 is 19.8 Å². The van der Waals surface area contributed by atoms with Crippen molar-refractivity contribution in [3.05, 3.63) is 47.2 Å². The minimum atomic E-state index is 0.112. The molecule has 1 aliphatic rings. The van der Waals surface area contributed by atoms with Crippen molar-refractivity contribution < 1.29 is 9.15 Å². The van der Waals surface area contributed by atoms with E-state index in [1.165, 1.54) is 31.2 Å². The van der Waals surface area contributed by atoms with E-state index < -0.39 is 0 Å². The molecule has 1 aromatic carbocycles. The summed E-state index contributed by atoms with van der Waals surface area (Å²) in [5, 5.41) is 6.89. The van der Waals surface area contributed by atoms with Crippen molar-refractivity contribution in [2.24, 2.45) is 4.99 Å². The third kappa shape index (κ3) is 4.66. The van der Waals surface area contributed by atoms with Crippen LogP contribution in [0.5, 0.6) is 5.75 Å². The molecule has 1 heterocycles. The first-order valence-electron chi connectivity index (χ1n) is 10.2. The van der Waals surface area contributed by atoms with Gasteiger partial charge in [-0.15, -0.1) is 0 Å². The van der Waals surface area contributed by atoms with Crippen molar-refractivity contribution in [2.45, 2.75) is 58.4 Å².